The summed E-state index contributed by atoms with van der Waals surface area (Å²) in [6.45, 7) is 0. The molecule has 0 saturated heterocycles. The smallest absolute Gasteiger partial charge is 0.180 e. The van der Waals surface area contributed by atoms with E-state index in [9.17, 15) is 14.0 Å². The predicted octanol–water partition coefficient (Wildman–Crippen LogP) is 3.97. The van der Waals surface area contributed by atoms with Crippen molar-refractivity contribution in [3.05, 3.63) is 71.3 Å². The van der Waals surface area contributed by atoms with E-state index < -0.39 is 16.5 Å². The first-order valence-electron chi connectivity index (χ1n) is 5.18. The van der Waals surface area contributed by atoms with Crippen molar-refractivity contribution >= 4 is 11.6 Å². The molecule has 0 bridgehead atoms. The van der Waals surface area contributed by atoms with Crippen molar-refractivity contribution in [1.82, 2.24) is 0 Å². The van der Waals surface area contributed by atoms with Gasteiger partial charge in [0, 0.05) is 0 Å². The largest absolute Gasteiger partial charge is 0.207 e. The maximum atomic E-state index is 12.9. The second-order valence-electron chi connectivity index (χ2n) is 3.78. The quantitative estimate of drug-likeness (QED) is 0.752. The van der Waals surface area contributed by atoms with Crippen molar-refractivity contribution < 1.29 is 8.78 Å². The van der Waals surface area contributed by atoms with Crippen molar-refractivity contribution in [2.24, 2.45) is 0 Å². The number of hydrogen-bond donors (Lipinski definition) is 0. The van der Waals surface area contributed by atoms with Crippen molar-refractivity contribution in [1.29, 1.82) is 5.26 Å². The van der Waals surface area contributed by atoms with Crippen LogP contribution in [0.25, 0.3) is 0 Å². The summed E-state index contributed by atoms with van der Waals surface area (Å²) in [4.78, 5) is -1.44. The third kappa shape index (κ3) is 2.20. The lowest BCUT2D eigenvalue weighted by Crippen LogP contribution is -2.18. The standard InChI is InChI=1S/C14H8ClF2N/c15-14(9-18,10-1-5-12(16)6-2-10)11-3-7-13(17)8-4-11/h1-8H. The van der Waals surface area contributed by atoms with E-state index in [1.54, 1.807) is 0 Å². The number of alkyl halides is 1. The Balaban J connectivity index is 2.52. The minimum absolute atomic E-state index is 0.408. The Bertz CT molecular complexity index is 539. The van der Waals surface area contributed by atoms with Gasteiger partial charge in [-0.2, -0.15) is 5.26 Å². The molecule has 0 aliphatic carbocycles. The molecule has 18 heavy (non-hydrogen) atoms. The van der Waals surface area contributed by atoms with Gasteiger partial charge in [-0.1, -0.05) is 35.9 Å². The van der Waals surface area contributed by atoms with Crippen LogP contribution in [0.4, 0.5) is 8.78 Å². The number of benzene rings is 2. The van der Waals surface area contributed by atoms with Crippen LogP contribution in [0, 0.1) is 23.0 Å². The summed E-state index contributed by atoms with van der Waals surface area (Å²) in [7, 11) is 0. The first kappa shape index (κ1) is 12.5. The fourth-order valence-corrected chi connectivity index (χ4v) is 1.91. The van der Waals surface area contributed by atoms with Crippen LogP contribution in [-0.2, 0) is 4.87 Å². The molecule has 0 fully saturated rings. The zero-order valence-corrected chi connectivity index (χ0v) is 9.96. The summed E-state index contributed by atoms with van der Waals surface area (Å²) >= 11 is 6.27. The molecule has 0 heterocycles. The highest BCUT2D eigenvalue weighted by atomic mass is 35.5. The average Bonchev–Trinajstić information content (AvgIpc) is 2.39. The van der Waals surface area contributed by atoms with Crippen molar-refractivity contribution in [2.75, 3.05) is 0 Å². The molecule has 0 atom stereocenters. The Morgan fingerprint density at radius 1 is 0.833 bits per heavy atom. The van der Waals surface area contributed by atoms with Crippen molar-refractivity contribution in [3.63, 3.8) is 0 Å². The van der Waals surface area contributed by atoms with Crippen LogP contribution in [0.5, 0.6) is 0 Å². The van der Waals surface area contributed by atoms with Gasteiger partial charge in [0.05, 0.1) is 6.07 Å². The highest BCUT2D eigenvalue weighted by Crippen LogP contribution is 2.36. The van der Waals surface area contributed by atoms with Gasteiger partial charge in [-0.25, -0.2) is 8.78 Å². The first-order chi connectivity index (χ1) is 8.56. The normalized spacial score (nSPS) is 11.0. The number of nitriles is 1. The minimum Gasteiger partial charge on any atom is -0.207 e. The number of hydrogen-bond acceptors (Lipinski definition) is 1. The molecule has 0 unspecified atom stereocenters. The van der Waals surface area contributed by atoms with Crippen LogP contribution >= 0.6 is 11.6 Å². The minimum atomic E-state index is -1.44. The number of rotatable bonds is 2. The monoisotopic (exact) mass is 263 g/mol. The molecule has 0 amide bonds. The van der Waals surface area contributed by atoms with E-state index in [2.05, 4.69) is 0 Å². The van der Waals surface area contributed by atoms with E-state index in [4.69, 9.17) is 11.6 Å². The Morgan fingerprint density at radius 2 is 1.17 bits per heavy atom. The van der Waals surface area contributed by atoms with Gasteiger partial charge in [-0.3, -0.25) is 0 Å². The molecule has 2 aromatic carbocycles. The summed E-state index contributed by atoms with van der Waals surface area (Å²) in [5.74, 6) is -0.815. The zero-order chi connectivity index (χ0) is 13.2. The average molecular weight is 264 g/mol. The molecule has 2 rings (SSSR count). The van der Waals surface area contributed by atoms with Crippen LogP contribution in [0.1, 0.15) is 11.1 Å². The molecule has 0 aliphatic heterocycles. The maximum absolute atomic E-state index is 12.9. The summed E-state index contributed by atoms with van der Waals surface area (Å²) < 4.78 is 25.7. The van der Waals surface area contributed by atoms with E-state index in [-0.39, 0.29) is 0 Å². The van der Waals surface area contributed by atoms with Crippen LogP contribution in [0.2, 0.25) is 0 Å². The van der Waals surface area contributed by atoms with Crippen molar-refractivity contribution in [2.45, 2.75) is 4.87 Å². The highest BCUT2D eigenvalue weighted by Gasteiger charge is 2.31. The molecular formula is C14H8ClF2N. The van der Waals surface area contributed by atoms with Gasteiger partial charge in [0.2, 0.25) is 0 Å². The highest BCUT2D eigenvalue weighted by molar-refractivity contribution is 6.28. The van der Waals surface area contributed by atoms with Crippen LogP contribution in [-0.4, -0.2) is 0 Å². The second-order valence-corrected chi connectivity index (χ2v) is 4.35. The lowest BCUT2D eigenvalue weighted by atomic mass is 9.91. The van der Waals surface area contributed by atoms with Crippen LogP contribution in [0.15, 0.2) is 48.5 Å². The van der Waals surface area contributed by atoms with Gasteiger partial charge >= 0.3 is 0 Å². The van der Waals surface area contributed by atoms with Crippen LogP contribution < -0.4 is 0 Å². The topological polar surface area (TPSA) is 23.8 Å². The number of halogens is 3. The maximum Gasteiger partial charge on any atom is 0.180 e. The SMILES string of the molecule is N#CC(Cl)(c1ccc(F)cc1)c1ccc(F)cc1. The Kier molecular flexibility index (Phi) is 3.31. The van der Waals surface area contributed by atoms with Gasteiger partial charge in [0.15, 0.2) is 4.87 Å². The Morgan fingerprint density at radius 3 is 1.44 bits per heavy atom. The van der Waals surface area contributed by atoms with E-state index in [0.29, 0.717) is 11.1 Å². The molecule has 1 nitrogen and oxygen atoms in total. The fourth-order valence-electron chi connectivity index (χ4n) is 1.65. The van der Waals surface area contributed by atoms with E-state index in [0.717, 1.165) is 0 Å². The van der Waals surface area contributed by atoms with E-state index in [1.165, 1.54) is 48.5 Å². The molecule has 0 aliphatic rings. The molecular weight excluding hydrogens is 256 g/mol. The molecule has 0 saturated carbocycles. The Hall–Kier alpha value is -1.92. The first-order valence-corrected chi connectivity index (χ1v) is 5.56. The summed E-state index contributed by atoms with van der Waals surface area (Å²) in [5, 5.41) is 9.26. The van der Waals surface area contributed by atoms with E-state index >= 15 is 0 Å². The third-order valence-corrected chi connectivity index (χ3v) is 3.16. The van der Waals surface area contributed by atoms with Gasteiger partial charge < -0.3 is 0 Å². The van der Waals surface area contributed by atoms with Gasteiger partial charge in [0.25, 0.3) is 0 Å². The van der Waals surface area contributed by atoms with Gasteiger partial charge in [0.1, 0.15) is 11.6 Å². The van der Waals surface area contributed by atoms with Gasteiger partial charge in [-0.15, -0.1) is 0 Å². The lowest BCUT2D eigenvalue weighted by Gasteiger charge is -2.20. The summed E-state index contributed by atoms with van der Waals surface area (Å²) in [5.41, 5.74) is 0.888. The number of nitrogens with zero attached hydrogens (tertiary/aromatic N) is 1. The summed E-state index contributed by atoms with van der Waals surface area (Å²) in [6.07, 6.45) is 0. The molecule has 0 radical (unpaired) electrons. The molecule has 90 valence electrons. The van der Waals surface area contributed by atoms with E-state index in [1.807, 2.05) is 6.07 Å². The third-order valence-electron chi connectivity index (χ3n) is 2.64. The zero-order valence-electron chi connectivity index (χ0n) is 9.20. The van der Waals surface area contributed by atoms with Crippen molar-refractivity contribution in [3.8, 4) is 6.07 Å². The predicted molar refractivity (Wildman–Crippen MR) is 65.0 cm³/mol. The molecule has 0 spiro atoms. The molecule has 2 aromatic rings. The van der Waals surface area contributed by atoms with Gasteiger partial charge in [-0.05, 0) is 35.4 Å². The fraction of sp³-hybridized carbons (Fsp3) is 0.0714. The second kappa shape index (κ2) is 4.75. The lowest BCUT2D eigenvalue weighted by molar-refractivity contribution is 0.625. The molecule has 0 N–H and O–H groups in total. The summed E-state index contributed by atoms with van der Waals surface area (Å²) in [6, 6.07) is 12.6. The molecule has 4 heteroatoms. The molecule has 0 aromatic heterocycles. The van der Waals surface area contributed by atoms with Crippen LogP contribution in [0.3, 0.4) is 0 Å². The Labute approximate surface area is 108 Å².